The first-order valence-corrected chi connectivity index (χ1v) is 8.70. The van der Waals surface area contributed by atoms with Crippen LogP contribution in [-0.4, -0.2) is 6.67 Å². The molecule has 116 valence electrons. The van der Waals surface area contributed by atoms with Crippen molar-refractivity contribution in [2.75, 3.05) is 6.67 Å². The van der Waals surface area contributed by atoms with Crippen LogP contribution >= 0.6 is 0 Å². The molecule has 0 radical (unpaired) electrons. The first-order chi connectivity index (χ1) is 10.3. The molecule has 2 N–H and O–H groups in total. The average Bonchev–Trinajstić information content (AvgIpc) is 2.47. The molecule has 0 spiro atoms. The van der Waals surface area contributed by atoms with Crippen molar-refractivity contribution in [3.05, 3.63) is 35.4 Å². The van der Waals surface area contributed by atoms with Crippen molar-refractivity contribution in [1.29, 1.82) is 0 Å². The highest BCUT2D eigenvalue weighted by atomic mass is 19.1. The Labute approximate surface area is 128 Å². The minimum atomic E-state index is -0.207. The number of hydrogen-bond donors (Lipinski definition) is 1. The van der Waals surface area contributed by atoms with Gasteiger partial charge >= 0.3 is 0 Å². The van der Waals surface area contributed by atoms with Gasteiger partial charge in [-0.2, -0.15) is 0 Å². The Kier molecular flexibility index (Phi) is 4.63. The summed E-state index contributed by atoms with van der Waals surface area (Å²) in [7, 11) is 0. The van der Waals surface area contributed by atoms with Gasteiger partial charge in [-0.15, -0.1) is 0 Å². The van der Waals surface area contributed by atoms with Gasteiger partial charge in [0.25, 0.3) is 0 Å². The molecular weight excluding hydrogens is 261 g/mol. The summed E-state index contributed by atoms with van der Waals surface area (Å²) in [6, 6.07) is 8.71. The molecule has 2 aliphatic rings. The molecule has 0 heterocycles. The number of aryl methyl sites for hydroxylation is 1. The molecule has 2 bridgehead atoms. The number of benzene rings is 1. The van der Waals surface area contributed by atoms with Gasteiger partial charge in [0, 0.05) is 5.54 Å². The summed E-state index contributed by atoms with van der Waals surface area (Å²) in [6.45, 7) is -0.207. The summed E-state index contributed by atoms with van der Waals surface area (Å²) in [4.78, 5) is 0. The Morgan fingerprint density at radius 3 is 2.24 bits per heavy atom. The zero-order valence-electron chi connectivity index (χ0n) is 13.0. The Morgan fingerprint density at radius 2 is 1.62 bits per heavy atom. The van der Waals surface area contributed by atoms with Crippen LogP contribution in [0.1, 0.15) is 62.5 Å². The molecule has 0 amide bonds. The lowest BCUT2D eigenvalue weighted by Gasteiger charge is -2.52. The summed E-state index contributed by atoms with van der Waals surface area (Å²) in [6.07, 6.45) is 10.4. The smallest absolute Gasteiger partial charge is 0.0894 e. The maximum Gasteiger partial charge on any atom is 0.0894 e. The topological polar surface area (TPSA) is 26.0 Å². The molecule has 2 aliphatic carbocycles. The van der Waals surface area contributed by atoms with Crippen molar-refractivity contribution in [3.63, 3.8) is 0 Å². The zero-order valence-corrected chi connectivity index (χ0v) is 13.0. The lowest BCUT2D eigenvalue weighted by atomic mass is 9.56. The molecule has 0 saturated heterocycles. The fourth-order valence-electron chi connectivity index (χ4n) is 4.81. The van der Waals surface area contributed by atoms with Gasteiger partial charge in [-0.05, 0) is 67.9 Å². The van der Waals surface area contributed by atoms with Gasteiger partial charge in [-0.1, -0.05) is 37.1 Å². The third-order valence-electron chi connectivity index (χ3n) is 5.88. The van der Waals surface area contributed by atoms with E-state index in [0.717, 1.165) is 12.8 Å². The number of halogens is 1. The predicted molar refractivity (Wildman–Crippen MR) is 85.9 cm³/mol. The van der Waals surface area contributed by atoms with Gasteiger partial charge in [-0.25, -0.2) is 0 Å². The average molecular weight is 289 g/mol. The normalized spacial score (nSPS) is 32.1. The molecule has 2 heteroatoms. The van der Waals surface area contributed by atoms with Crippen LogP contribution in [0.25, 0.3) is 0 Å². The molecule has 21 heavy (non-hydrogen) atoms. The van der Waals surface area contributed by atoms with E-state index in [1.165, 1.54) is 49.7 Å². The molecule has 1 aromatic carbocycles. The minimum absolute atomic E-state index is 0.122. The minimum Gasteiger partial charge on any atom is -0.321 e. The molecule has 2 saturated carbocycles. The predicted octanol–water partition coefficient (Wildman–Crippen LogP) is 4.73. The summed E-state index contributed by atoms with van der Waals surface area (Å²) in [5, 5.41) is 0. The van der Waals surface area contributed by atoms with Crippen molar-refractivity contribution in [1.82, 2.24) is 0 Å². The fourth-order valence-corrected chi connectivity index (χ4v) is 4.81. The third kappa shape index (κ3) is 2.75. The van der Waals surface area contributed by atoms with Crippen LogP contribution in [0.15, 0.2) is 24.3 Å². The van der Waals surface area contributed by atoms with Crippen LogP contribution in [0, 0.1) is 11.8 Å². The van der Waals surface area contributed by atoms with E-state index in [1.807, 2.05) is 0 Å². The maximum absolute atomic E-state index is 12.4. The SMILES string of the molecule is NC1(c2ccccc2CCCCF)C2CCCC1CCC2. The number of alkyl halides is 1. The second-order valence-electron chi connectivity index (χ2n) is 6.99. The summed E-state index contributed by atoms with van der Waals surface area (Å²) in [5.74, 6) is 1.29. The second-order valence-corrected chi connectivity index (χ2v) is 6.99. The molecule has 0 unspecified atom stereocenters. The molecule has 3 rings (SSSR count). The highest BCUT2D eigenvalue weighted by molar-refractivity contribution is 5.36. The summed E-state index contributed by atoms with van der Waals surface area (Å²) >= 11 is 0. The first kappa shape index (κ1) is 15.0. The Hall–Kier alpha value is -0.890. The van der Waals surface area contributed by atoms with Crippen LogP contribution in [0.4, 0.5) is 4.39 Å². The van der Waals surface area contributed by atoms with Gasteiger partial charge in [0.2, 0.25) is 0 Å². The van der Waals surface area contributed by atoms with Crippen molar-refractivity contribution in [2.45, 2.75) is 63.3 Å². The molecule has 1 aromatic rings. The fraction of sp³-hybridized carbons (Fsp3) is 0.684. The van der Waals surface area contributed by atoms with Crippen LogP contribution < -0.4 is 5.73 Å². The van der Waals surface area contributed by atoms with Gasteiger partial charge in [0.1, 0.15) is 0 Å². The molecule has 0 aliphatic heterocycles. The van der Waals surface area contributed by atoms with Crippen LogP contribution in [0.3, 0.4) is 0 Å². The van der Waals surface area contributed by atoms with E-state index in [9.17, 15) is 4.39 Å². The van der Waals surface area contributed by atoms with Crippen molar-refractivity contribution in [2.24, 2.45) is 17.6 Å². The Balaban J connectivity index is 1.91. The van der Waals surface area contributed by atoms with Gasteiger partial charge in [-0.3, -0.25) is 4.39 Å². The third-order valence-corrected chi connectivity index (χ3v) is 5.88. The van der Waals surface area contributed by atoms with Crippen molar-refractivity contribution >= 4 is 0 Å². The maximum atomic E-state index is 12.4. The Bertz CT molecular complexity index is 448. The van der Waals surface area contributed by atoms with Crippen LogP contribution in [-0.2, 0) is 12.0 Å². The zero-order chi connectivity index (χ0) is 14.7. The van der Waals surface area contributed by atoms with E-state index in [-0.39, 0.29) is 12.2 Å². The first-order valence-electron chi connectivity index (χ1n) is 8.70. The van der Waals surface area contributed by atoms with E-state index in [2.05, 4.69) is 24.3 Å². The lowest BCUT2D eigenvalue weighted by Crippen LogP contribution is -2.55. The molecule has 1 nitrogen and oxygen atoms in total. The summed E-state index contributed by atoms with van der Waals surface area (Å²) in [5.41, 5.74) is 9.68. The highest BCUT2D eigenvalue weighted by Crippen LogP contribution is 2.52. The lowest BCUT2D eigenvalue weighted by molar-refractivity contribution is 0.0558. The van der Waals surface area contributed by atoms with Crippen LogP contribution in [0.5, 0.6) is 0 Å². The van der Waals surface area contributed by atoms with Gasteiger partial charge in [0.15, 0.2) is 0 Å². The number of fused-ring (bicyclic) bond motifs is 2. The quantitative estimate of drug-likeness (QED) is 0.779. The Morgan fingerprint density at radius 1 is 1.00 bits per heavy atom. The number of unbranched alkanes of at least 4 members (excludes halogenated alkanes) is 1. The largest absolute Gasteiger partial charge is 0.321 e. The van der Waals surface area contributed by atoms with E-state index >= 15 is 0 Å². The van der Waals surface area contributed by atoms with Crippen LogP contribution in [0.2, 0.25) is 0 Å². The van der Waals surface area contributed by atoms with E-state index in [1.54, 1.807) is 0 Å². The summed E-state index contributed by atoms with van der Waals surface area (Å²) < 4.78 is 12.4. The monoisotopic (exact) mass is 289 g/mol. The number of rotatable bonds is 5. The van der Waals surface area contributed by atoms with Crippen molar-refractivity contribution in [3.8, 4) is 0 Å². The van der Waals surface area contributed by atoms with Crippen molar-refractivity contribution < 1.29 is 4.39 Å². The number of hydrogen-bond acceptors (Lipinski definition) is 1. The second kappa shape index (κ2) is 6.48. The molecular formula is C19H28FN. The van der Waals surface area contributed by atoms with Gasteiger partial charge < -0.3 is 5.73 Å². The molecule has 2 fully saturated rings. The number of nitrogens with two attached hydrogens (primary N) is 1. The van der Waals surface area contributed by atoms with E-state index in [4.69, 9.17) is 5.73 Å². The van der Waals surface area contributed by atoms with E-state index in [0.29, 0.717) is 18.3 Å². The van der Waals surface area contributed by atoms with E-state index < -0.39 is 0 Å². The van der Waals surface area contributed by atoms with Gasteiger partial charge in [0.05, 0.1) is 6.67 Å². The highest BCUT2D eigenvalue weighted by Gasteiger charge is 2.48. The standard InChI is InChI=1S/C19H28FN/c20-14-4-3-8-15-7-1-2-13-18(15)19(21)16-9-5-10-17(19)12-6-11-16/h1-2,7,13,16-17H,3-6,8-12,14,21H2. The molecule has 0 atom stereocenters. The molecule has 0 aromatic heterocycles.